The number of ether oxygens (including phenoxy) is 1. The van der Waals surface area contributed by atoms with Gasteiger partial charge in [-0.1, -0.05) is 57.2 Å². The zero-order chi connectivity index (χ0) is 33.1. The van der Waals surface area contributed by atoms with E-state index < -0.39 is 0 Å². The fourth-order valence-electron chi connectivity index (χ4n) is 5.10. The topological polar surface area (TPSA) is 119 Å². The number of hydrogen-bond donors (Lipinski definition) is 3. The second-order valence-corrected chi connectivity index (χ2v) is 12.5. The van der Waals surface area contributed by atoms with E-state index in [4.69, 9.17) is 9.84 Å². The highest BCUT2D eigenvalue weighted by Gasteiger charge is 2.22. The maximum absolute atomic E-state index is 13.4. The van der Waals surface area contributed by atoms with Gasteiger partial charge in [-0.05, 0) is 68.3 Å². The molecule has 0 aliphatic heterocycles. The Morgan fingerprint density at radius 2 is 1.64 bits per heavy atom. The third kappa shape index (κ3) is 7.22. The molecule has 2 amide bonds. The van der Waals surface area contributed by atoms with Crippen LogP contribution in [-0.2, 0) is 12.0 Å². The molecule has 0 bridgehead atoms. The Morgan fingerprint density at radius 1 is 0.830 bits per heavy atom. The highest BCUT2D eigenvalue weighted by atomic mass is 16.5. The smallest absolute Gasteiger partial charge is 0.324 e. The van der Waals surface area contributed by atoms with Crippen LogP contribution in [0, 0.1) is 20.8 Å². The first kappa shape index (κ1) is 31.2. The van der Waals surface area contributed by atoms with Crippen LogP contribution in [-0.4, -0.2) is 30.8 Å². The molecule has 6 aromatic rings. The molecule has 0 radical (unpaired) electrons. The van der Waals surface area contributed by atoms with Crippen LogP contribution in [0.25, 0.3) is 16.5 Å². The first-order valence-electron chi connectivity index (χ1n) is 15.5. The summed E-state index contributed by atoms with van der Waals surface area (Å²) >= 11 is 0. The van der Waals surface area contributed by atoms with Gasteiger partial charge in [0.1, 0.15) is 29.8 Å². The molecule has 0 saturated carbocycles. The van der Waals surface area contributed by atoms with Crippen LogP contribution < -0.4 is 20.7 Å². The van der Waals surface area contributed by atoms with E-state index in [1.807, 2.05) is 99.6 Å². The van der Waals surface area contributed by atoms with Crippen molar-refractivity contribution in [3.63, 3.8) is 0 Å². The van der Waals surface area contributed by atoms with Crippen molar-refractivity contribution in [2.75, 3.05) is 16.0 Å². The quantitative estimate of drug-likeness (QED) is 0.155. The third-order valence-corrected chi connectivity index (χ3v) is 7.76. The van der Waals surface area contributed by atoms with Crippen molar-refractivity contribution in [1.29, 1.82) is 0 Å². The molecule has 0 fully saturated rings. The van der Waals surface area contributed by atoms with Crippen molar-refractivity contribution in [2.24, 2.45) is 0 Å². The lowest BCUT2D eigenvalue weighted by Gasteiger charge is -2.15. The molecule has 0 aliphatic rings. The molecule has 3 heterocycles. The van der Waals surface area contributed by atoms with Crippen molar-refractivity contribution in [3.05, 3.63) is 119 Å². The second-order valence-electron chi connectivity index (χ2n) is 12.5. The Kier molecular flexibility index (Phi) is 8.58. The SMILES string of the molecule is Cc1cccc(-n2nc(C(C)(C)C)cc2NC(=O)Nc2ccc(OCc3ccnc(Nc4cnc(C)c(C)n4)c3)c3ccccc23)c1. The summed E-state index contributed by atoms with van der Waals surface area (Å²) in [5.41, 5.74) is 6.00. The summed E-state index contributed by atoms with van der Waals surface area (Å²) in [7, 11) is 0. The van der Waals surface area contributed by atoms with Gasteiger partial charge in [0, 0.05) is 28.5 Å². The number of nitrogens with one attached hydrogen (secondary N) is 3. The number of pyridine rings is 1. The number of fused-ring (bicyclic) bond motifs is 1. The van der Waals surface area contributed by atoms with Crippen molar-refractivity contribution < 1.29 is 9.53 Å². The maximum atomic E-state index is 13.4. The number of anilines is 4. The lowest BCUT2D eigenvalue weighted by Crippen LogP contribution is -2.21. The fourth-order valence-corrected chi connectivity index (χ4v) is 5.10. The molecule has 238 valence electrons. The van der Waals surface area contributed by atoms with Crippen LogP contribution in [0.2, 0.25) is 0 Å². The highest BCUT2D eigenvalue weighted by molar-refractivity contribution is 6.07. The van der Waals surface area contributed by atoms with Crippen LogP contribution in [0.5, 0.6) is 5.75 Å². The molecule has 10 heteroatoms. The number of aryl methyl sites for hydroxylation is 3. The summed E-state index contributed by atoms with van der Waals surface area (Å²) in [5, 5.41) is 15.8. The van der Waals surface area contributed by atoms with Gasteiger partial charge in [-0.2, -0.15) is 5.10 Å². The molecule has 3 aromatic heterocycles. The van der Waals surface area contributed by atoms with E-state index in [1.54, 1.807) is 17.1 Å². The number of urea groups is 1. The summed E-state index contributed by atoms with van der Waals surface area (Å²) in [6, 6.07) is 25.0. The molecule has 0 aliphatic carbocycles. The van der Waals surface area contributed by atoms with E-state index >= 15 is 0 Å². The fraction of sp³-hybridized carbons (Fsp3) is 0.216. The Hall–Kier alpha value is -5.77. The molecule has 47 heavy (non-hydrogen) atoms. The predicted octanol–water partition coefficient (Wildman–Crippen LogP) is 8.40. The molecular formula is C37H38N8O2. The van der Waals surface area contributed by atoms with E-state index in [9.17, 15) is 4.79 Å². The Labute approximate surface area is 274 Å². The number of benzene rings is 3. The van der Waals surface area contributed by atoms with Gasteiger partial charge in [0.05, 0.1) is 34.7 Å². The lowest BCUT2D eigenvalue weighted by molar-refractivity contribution is 0.262. The van der Waals surface area contributed by atoms with Crippen molar-refractivity contribution >= 4 is 39.9 Å². The molecule has 3 N–H and O–H groups in total. The van der Waals surface area contributed by atoms with E-state index in [-0.39, 0.29) is 11.4 Å². The minimum atomic E-state index is -0.372. The summed E-state index contributed by atoms with van der Waals surface area (Å²) in [4.78, 5) is 26.7. The van der Waals surface area contributed by atoms with Gasteiger partial charge in [-0.15, -0.1) is 0 Å². The largest absolute Gasteiger partial charge is 0.488 e. The van der Waals surface area contributed by atoms with Gasteiger partial charge in [-0.3, -0.25) is 10.3 Å². The summed E-state index contributed by atoms with van der Waals surface area (Å²) < 4.78 is 8.06. The van der Waals surface area contributed by atoms with Gasteiger partial charge < -0.3 is 15.4 Å². The number of rotatable bonds is 8. The summed E-state index contributed by atoms with van der Waals surface area (Å²) in [6.07, 6.45) is 3.42. The molecule has 0 atom stereocenters. The van der Waals surface area contributed by atoms with Crippen LogP contribution in [0.3, 0.4) is 0 Å². The molecule has 0 spiro atoms. The first-order valence-corrected chi connectivity index (χ1v) is 15.5. The van der Waals surface area contributed by atoms with Gasteiger partial charge in [-0.25, -0.2) is 19.4 Å². The average Bonchev–Trinajstić information content (AvgIpc) is 3.47. The first-order chi connectivity index (χ1) is 22.5. The standard InChI is InChI=1S/C37H38N8O2/c1-23-10-9-11-27(18-23)45-35(20-32(44-45)37(4,5)6)43-36(46)41-30-14-15-31(29-13-8-7-12-28(29)30)47-22-26-16-17-38-33(19-26)42-34-21-39-24(2)25(3)40-34/h7-21H,22H2,1-6H3,(H,38,40,42)(H2,41,43,46). The van der Waals surface area contributed by atoms with E-state index in [0.717, 1.165) is 44.7 Å². The van der Waals surface area contributed by atoms with Gasteiger partial charge >= 0.3 is 6.03 Å². The van der Waals surface area contributed by atoms with Crippen molar-refractivity contribution in [1.82, 2.24) is 24.7 Å². The second kappa shape index (κ2) is 12.9. The Bertz CT molecular complexity index is 2080. The van der Waals surface area contributed by atoms with Gasteiger partial charge in [0.25, 0.3) is 0 Å². The zero-order valence-corrected chi connectivity index (χ0v) is 27.4. The van der Waals surface area contributed by atoms with E-state index in [0.29, 0.717) is 35.5 Å². The lowest BCUT2D eigenvalue weighted by atomic mass is 9.92. The number of hydrogen-bond acceptors (Lipinski definition) is 7. The monoisotopic (exact) mass is 626 g/mol. The summed E-state index contributed by atoms with van der Waals surface area (Å²) in [6.45, 7) is 12.5. The van der Waals surface area contributed by atoms with Crippen molar-refractivity contribution in [3.8, 4) is 11.4 Å². The molecular weight excluding hydrogens is 588 g/mol. The molecule has 0 saturated heterocycles. The number of carbonyl (C=O) groups is 1. The molecule has 10 nitrogen and oxygen atoms in total. The summed E-state index contributed by atoms with van der Waals surface area (Å²) in [5.74, 6) is 2.56. The molecule has 6 rings (SSSR count). The minimum absolute atomic E-state index is 0.197. The minimum Gasteiger partial charge on any atom is -0.488 e. The normalized spacial score (nSPS) is 11.4. The van der Waals surface area contributed by atoms with E-state index in [2.05, 4.69) is 51.7 Å². The number of aromatic nitrogens is 5. The molecule has 0 unspecified atom stereocenters. The van der Waals surface area contributed by atoms with Gasteiger partial charge in [0.2, 0.25) is 0 Å². The van der Waals surface area contributed by atoms with E-state index in [1.165, 1.54) is 0 Å². The van der Waals surface area contributed by atoms with Crippen LogP contribution in [0.1, 0.15) is 49.0 Å². The van der Waals surface area contributed by atoms with Crippen LogP contribution >= 0.6 is 0 Å². The van der Waals surface area contributed by atoms with Crippen molar-refractivity contribution in [2.45, 2.75) is 53.6 Å². The maximum Gasteiger partial charge on any atom is 0.324 e. The highest BCUT2D eigenvalue weighted by Crippen LogP contribution is 2.33. The molecule has 3 aromatic carbocycles. The Balaban J connectivity index is 1.19. The number of amides is 2. The van der Waals surface area contributed by atoms with Crippen LogP contribution in [0.4, 0.5) is 27.9 Å². The number of carbonyl (C=O) groups excluding carboxylic acids is 1. The Morgan fingerprint density at radius 3 is 2.40 bits per heavy atom. The van der Waals surface area contributed by atoms with Gasteiger partial charge in [0.15, 0.2) is 0 Å². The third-order valence-electron chi connectivity index (χ3n) is 7.76. The van der Waals surface area contributed by atoms with Crippen LogP contribution in [0.15, 0.2) is 91.3 Å². The number of nitrogens with zero attached hydrogens (tertiary/aromatic N) is 5. The average molecular weight is 627 g/mol. The predicted molar refractivity (Wildman–Crippen MR) is 187 cm³/mol. The zero-order valence-electron chi connectivity index (χ0n) is 27.4.